The Labute approximate surface area is 270 Å². The van der Waals surface area contributed by atoms with Crippen LogP contribution in [0.3, 0.4) is 0 Å². The van der Waals surface area contributed by atoms with Crippen LogP contribution in [-0.2, 0) is 0 Å². The molecule has 0 N–H and O–H groups in total. The molecule has 5 rings (SSSR count). The normalized spacial score (nSPS) is 20.1. The van der Waals surface area contributed by atoms with Crippen LogP contribution in [0, 0.1) is 27.6 Å². The molecule has 0 spiro atoms. The predicted octanol–water partition coefficient (Wildman–Crippen LogP) is 9.93. The fraction of sp³-hybridized carbons (Fsp3) is 0.667. The van der Waals surface area contributed by atoms with E-state index in [-0.39, 0.29) is 21.7 Å². The predicted molar refractivity (Wildman–Crippen MR) is 195 cm³/mol. The molecule has 1 aliphatic carbocycles. The minimum absolute atomic E-state index is 0.0995. The van der Waals surface area contributed by atoms with Gasteiger partial charge >= 0.3 is 15.1 Å². The summed E-state index contributed by atoms with van der Waals surface area (Å²) < 4.78 is 11.6. The van der Waals surface area contributed by atoms with Gasteiger partial charge in [0.05, 0.1) is 22.7 Å². The zero-order valence-corrected chi connectivity index (χ0v) is 32.1. The molecule has 2 heterocycles. The number of hydrogen-bond donors (Lipinski definition) is 0. The van der Waals surface area contributed by atoms with Crippen LogP contribution in [0.25, 0.3) is 0 Å². The molecule has 0 atom stereocenters. The third-order valence-electron chi connectivity index (χ3n) is 8.84. The Morgan fingerprint density at radius 1 is 0.535 bits per heavy atom. The van der Waals surface area contributed by atoms with E-state index >= 15 is 0 Å². The van der Waals surface area contributed by atoms with Gasteiger partial charge in [-0.05, 0) is 57.9 Å². The molecule has 3 aliphatic rings. The van der Waals surface area contributed by atoms with Gasteiger partial charge in [-0.15, -0.1) is 11.1 Å². The zero-order chi connectivity index (χ0) is 31.8. The lowest BCUT2D eigenvalue weighted by atomic mass is 9.96. The largest absolute Gasteiger partial charge is 0.395 e. The van der Waals surface area contributed by atoms with Gasteiger partial charge in [0.15, 0.2) is 0 Å². The first-order valence-electron chi connectivity index (χ1n) is 16.6. The molecule has 0 unspecified atom stereocenters. The number of anilines is 4. The minimum Gasteiger partial charge on any atom is -0.377 e. The minimum atomic E-state index is -3.00. The maximum atomic E-state index is 9.02. The number of benzene rings is 2. The van der Waals surface area contributed by atoms with E-state index in [1.165, 1.54) is 41.6 Å². The number of rotatable bonds is 7. The van der Waals surface area contributed by atoms with Crippen LogP contribution in [0.15, 0.2) is 48.5 Å². The molecule has 0 amide bonds. The Morgan fingerprint density at radius 3 is 1.09 bits per heavy atom. The number of hydrogen-bond acceptors (Lipinski definition) is 4. The lowest BCUT2D eigenvalue weighted by Gasteiger charge is -2.57. The molecule has 7 heteroatoms. The maximum Gasteiger partial charge on any atom is 0.395 e. The van der Waals surface area contributed by atoms with Gasteiger partial charge in [0.2, 0.25) is 0 Å². The Balaban J connectivity index is 1.89. The first kappa shape index (κ1) is 32.7. The van der Waals surface area contributed by atoms with E-state index < -0.39 is 15.1 Å². The third-order valence-corrected chi connectivity index (χ3v) is 26.7. The van der Waals surface area contributed by atoms with Gasteiger partial charge in [-0.25, -0.2) is 0 Å². The highest BCUT2D eigenvalue weighted by Crippen LogP contribution is 2.60. The van der Waals surface area contributed by atoms with Crippen LogP contribution in [0.2, 0.25) is 6.04 Å². The summed E-state index contributed by atoms with van der Waals surface area (Å²) in [5.41, 5.74) is 6.01. The highest BCUT2D eigenvalue weighted by Gasteiger charge is 2.76. The molecular formula is C36H59ClN4Si2. The van der Waals surface area contributed by atoms with Crippen LogP contribution < -0.4 is 18.3 Å². The lowest BCUT2D eigenvalue weighted by molar-refractivity contribution is 0.418. The summed E-state index contributed by atoms with van der Waals surface area (Å²) in [5.74, 6) is 0.755. The van der Waals surface area contributed by atoms with Crippen molar-refractivity contribution in [2.45, 2.75) is 102 Å². The third kappa shape index (κ3) is 6.27. The van der Waals surface area contributed by atoms with E-state index in [0.29, 0.717) is 0 Å². The first-order valence-corrected chi connectivity index (χ1v) is 22.6. The highest BCUT2D eigenvalue weighted by molar-refractivity contribution is 7.64. The van der Waals surface area contributed by atoms with Crippen molar-refractivity contribution in [2.24, 2.45) is 27.6 Å². The van der Waals surface area contributed by atoms with Crippen LogP contribution in [-0.4, -0.2) is 41.3 Å². The van der Waals surface area contributed by atoms with Gasteiger partial charge in [0, 0.05) is 26.2 Å². The molecule has 0 radical (unpaired) electrons. The topological polar surface area (TPSA) is 13.0 Å². The molecule has 1 fully saturated rings. The molecule has 43 heavy (non-hydrogen) atoms. The van der Waals surface area contributed by atoms with Crippen molar-refractivity contribution in [3.8, 4) is 0 Å². The molecule has 0 aromatic heterocycles. The van der Waals surface area contributed by atoms with Crippen molar-refractivity contribution in [1.82, 2.24) is 0 Å². The van der Waals surface area contributed by atoms with Crippen molar-refractivity contribution in [3.63, 3.8) is 0 Å². The summed E-state index contributed by atoms with van der Waals surface area (Å²) in [6, 6.07) is 19.8. The lowest BCUT2D eigenvalue weighted by Crippen LogP contribution is -2.88. The quantitative estimate of drug-likeness (QED) is 0.221. The Kier molecular flexibility index (Phi) is 8.17. The van der Waals surface area contributed by atoms with Crippen LogP contribution in [0.1, 0.15) is 95.9 Å². The molecule has 2 aromatic carbocycles. The van der Waals surface area contributed by atoms with Gasteiger partial charge in [0.25, 0.3) is 0 Å². The average Bonchev–Trinajstić information content (AvgIpc) is 3.60. The van der Waals surface area contributed by atoms with Crippen LogP contribution in [0.5, 0.6) is 0 Å². The second-order valence-electron chi connectivity index (χ2n) is 18.6. The van der Waals surface area contributed by atoms with Crippen LogP contribution in [0.4, 0.5) is 22.7 Å². The van der Waals surface area contributed by atoms with Crippen molar-refractivity contribution in [3.05, 3.63) is 48.5 Å². The summed E-state index contributed by atoms with van der Waals surface area (Å²) in [6.07, 6.45) is 2.68. The highest BCUT2D eigenvalue weighted by atomic mass is 35.6. The second kappa shape index (κ2) is 10.7. The summed E-state index contributed by atoms with van der Waals surface area (Å²) in [5, 5.41) is 0. The smallest absolute Gasteiger partial charge is 0.377 e. The molecule has 0 saturated heterocycles. The number of fused-ring (bicyclic) bond motifs is 2. The maximum absolute atomic E-state index is 9.02. The fourth-order valence-corrected chi connectivity index (χ4v) is 28.6. The number of halogens is 1. The summed E-state index contributed by atoms with van der Waals surface area (Å²) >= 11 is 9.02. The first-order chi connectivity index (χ1) is 19.7. The van der Waals surface area contributed by atoms with Crippen molar-refractivity contribution < 1.29 is 0 Å². The van der Waals surface area contributed by atoms with Gasteiger partial charge in [-0.2, -0.15) is 0 Å². The Hall–Kier alpha value is -1.64. The summed E-state index contributed by atoms with van der Waals surface area (Å²) in [6.45, 7) is 32.9. The van der Waals surface area contributed by atoms with E-state index in [1.807, 2.05) is 0 Å². The van der Waals surface area contributed by atoms with Crippen molar-refractivity contribution >= 4 is 49.0 Å². The second-order valence-corrected chi connectivity index (χ2v) is 31.0. The van der Waals surface area contributed by atoms with Gasteiger partial charge in [-0.3, -0.25) is 0 Å². The van der Waals surface area contributed by atoms with Gasteiger partial charge in [0.1, 0.15) is 0 Å². The molecule has 2 aliphatic heterocycles. The van der Waals surface area contributed by atoms with Crippen molar-refractivity contribution in [1.29, 1.82) is 0 Å². The molecule has 0 bridgehead atoms. The monoisotopic (exact) mass is 638 g/mol. The SMILES string of the molecule is CC(C)(C)CN1c2ccccc2N(CC(C)(C)C)[Si]1(Cl)[Si]1(CC2CC2)N(CC(C)(C)C)c2ccccc2N1CC(C)(C)C. The van der Waals surface area contributed by atoms with Crippen molar-refractivity contribution in [2.75, 3.05) is 44.4 Å². The van der Waals surface area contributed by atoms with E-state index in [4.69, 9.17) is 11.1 Å². The number of para-hydroxylation sites is 4. The zero-order valence-electron chi connectivity index (χ0n) is 29.3. The van der Waals surface area contributed by atoms with E-state index in [2.05, 4.69) is 150 Å². The van der Waals surface area contributed by atoms with Crippen LogP contribution >= 0.6 is 11.1 Å². The Bertz CT molecular complexity index is 1230. The van der Waals surface area contributed by atoms with E-state index in [9.17, 15) is 0 Å². The molecule has 2 aromatic rings. The number of nitrogens with zero attached hydrogens (tertiary/aromatic N) is 4. The van der Waals surface area contributed by atoms with E-state index in [0.717, 1.165) is 32.1 Å². The molecule has 238 valence electrons. The molecule has 1 saturated carbocycles. The van der Waals surface area contributed by atoms with Gasteiger partial charge < -0.3 is 18.3 Å². The van der Waals surface area contributed by atoms with E-state index in [1.54, 1.807) is 0 Å². The summed E-state index contributed by atoms with van der Waals surface area (Å²) in [7, 11) is -5.71. The molecule has 4 nitrogen and oxygen atoms in total. The van der Waals surface area contributed by atoms with Gasteiger partial charge in [-0.1, -0.05) is 120 Å². The molecular weight excluding hydrogens is 580 g/mol. The standard InChI is InChI=1S/C36H59ClN4Si2/c1-33(2,3)24-38-29-17-13-14-18-30(29)39(25-34(4,5)6)42(38,23-28-21-22-28)43(37)40(26-35(7,8)9)31-19-15-16-20-32(31)41(43)27-36(10,11)12/h13-20,28H,21-27H2,1-12H3. The fourth-order valence-electron chi connectivity index (χ4n) is 7.41. The summed E-state index contributed by atoms with van der Waals surface area (Å²) in [4.78, 5) is 0. The average molecular weight is 640 g/mol. The Morgan fingerprint density at radius 2 is 0.814 bits per heavy atom.